The maximum absolute atomic E-state index is 15.2. The number of aliphatic carboxylic acids is 1. The van der Waals surface area contributed by atoms with E-state index in [9.17, 15) is 20.0 Å². The van der Waals surface area contributed by atoms with Crippen LogP contribution in [0.15, 0.2) is 91.0 Å². The van der Waals surface area contributed by atoms with Gasteiger partial charge in [-0.3, -0.25) is 14.9 Å². The van der Waals surface area contributed by atoms with Crippen molar-refractivity contribution in [3.63, 3.8) is 0 Å². The molecule has 7 rings (SSSR count). The third-order valence-electron chi connectivity index (χ3n) is 12.3. The van der Waals surface area contributed by atoms with Crippen LogP contribution in [0.4, 0.5) is 11.4 Å². The third-order valence-corrected chi connectivity index (χ3v) is 12.3. The number of anilines is 1. The molecule has 1 heterocycles. The van der Waals surface area contributed by atoms with Gasteiger partial charge >= 0.3 is 0 Å². The molecule has 0 N–H and O–H groups in total. The third kappa shape index (κ3) is 3.91. The van der Waals surface area contributed by atoms with Crippen LogP contribution in [-0.4, -0.2) is 30.5 Å². The second-order valence-electron chi connectivity index (χ2n) is 14.0. The Labute approximate surface area is 268 Å². The van der Waals surface area contributed by atoms with Gasteiger partial charge in [-0.1, -0.05) is 75.4 Å². The van der Waals surface area contributed by atoms with E-state index in [4.69, 9.17) is 4.74 Å². The minimum absolute atomic E-state index is 0.0836. The molecule has 4 aromatic rings. The number of fused-ring (bicyclic) bond motifs is 3. The Morgan fingerprint density at radius 2 is 1.61 bits per heavy atom. The van der Waals surface area contributed by atoms with Crippen LogP contribution >= 0.6 is 0 Å². The molecule has 1 saturated heterocycles. The summed E-state index contributed by atoms with van der Waals surface area (Å²) in [4.78, 5) is 41.9. The number of rotatable bonds is 7. The van der Waals surface area contributed by atoms with E-state index in [0.717, 1.165) is 29.2 Å². The molecule has 3 aliphatic rings. The number of carboxylic acid groups (broad SMARTS) is 1. The van der Waals surface area contributed by atoms with Gasteiger partial charge in [-0.2, -0.15) is 0 Å². The highest BCUT2D eigenvalue weighted by Crippen LogP contribution is 2.78. The number of hydrogen-bond acceptors (Lipinski definition) is 6. The smallest absolute Gasteiger partial charge is 0.269 e. The number of carbonyl (C=O) groups excluding carboxylic acids is 2. The molecule has 1 amide bonds. The van der Waals surface area contributed by atoms with E-state index in [0.29, 0.717) is 17.0 Å². The molecular weight excluding hydrogens is 580 g/mol. The number of ether oxygens (including phenoxy) is 1. The number of amides is 1. The van der Waals surface area contributed by atoms with Gasteiger partial charge in [-0.05, 0) is 87.6 Å². The van der Waals surface area contributed by atoms with E-state index in [2.05, 4.69) is 45.0 Å². The molecule has 6 atom stereocenters. The van der Waals surface area contributed by atoms with Gasteiger partial charge in [0, 0.05) is 30.3 Å². The number of benzene rings is 4. The Morgan fingerprint density at radius 1 is 0.935 bits per heavy atom. The second-order valence-corrected chi connectivity index (χ2v) is 14.0. The number of hydrogen-bond donors (Lipinski definition) is 0. The minimum atomic E-state index is -1.93. The van der Waals surface area contributed by atoms with Gasteiger partial charge in [0.2, 0.25) is 5.91 Å². The van der Waals surface area contributed by atoms with Gasteiger partial charge in [0.1, 0.15) is 11.2 Å². The molecule has 236 valence electrons. The molecular formula is C38H37N2O6-. The molecule has 2 aliphatic carbocycles. The van der Waals surface area contributed by atoms with Crippen molar-refractivity contribution in [3.8, 4) is 5.75 Å². The second kappa shape index (κ2) is 10.4. The topological polar surface area (TPSA) is 113 Å². The standard InChI is InChI=1S/C38H38N2O6/c1-36(2)30-20-21-37(36,3)32(29-11-7-9-23-8-5-6-10-28(23)29)33(30)38(35(42)43)31(24-12-14-26(15-13-24)40(44)45)22-39(34(38)41)25-16-18-27(46-4)19-17-25/h5-19,30-33H,20-22H2,1-4H3,(H,42,43)/p-1/t30-,31-,32?,33+,37-,38-/m1/s1. The lowest BCUT2D eigenvalue weighted by Gasteiger charge is -2.48. The van der Waals surface area contributed by atoms with Crippen LogP contribution in [0.5, 0.6) is 5.75 Å². The Morgan fingerprint density at radius 3 is 2.26 bits per heavy atom. The number of nitrogens with zero attached hydrogens (tertiary/aromatic N) is 2. The number of nitro groups is 1. The van der Waals surface area contributed by atoms with Gasteiger partial charge in [0.25, 0.3) is 5.69 Å². The Balaban J connectivity index is 1.49. The fourth-order valence-electron chi connectivity index (χ4n) is 9.72. The summed E-state index contributed by atoms with van der Waals surface area (Å²) < 4.78 is 5.34. The lowest BCUT2D eigenvalue weighted by molar-refractivity contribution is -0.384. The van der Waals surface area contributed by atoms with Crippen LogP contribution in [0.3, 0.4) is 0 Å². The zero-order valence-corrected chi connectivity index (χ0v) is 26.4. The van der Waals surface area contributed by atoms with Crippen LogP contribution in [0.25, 0.3) is 10.8 Å². The molecule has 8 nitrogen and oxygen atoms in total. The summed E-state index contributed by atoms with van der Waals surface area (Å²) in [6.45, 7) is 6.82. The Hall–Kier alpha value is -4.72. The van der Waals surface area contributed by atoms with Gasteiger partial charge in [-0.25, -0.2) is 0 Å². The quantitative estimate of drug-likeness (QED) is 0.133. The molecule has 46 heavy (non-hydrogen) atoms. The lowest BCUT2D eigenvalue weighted by Crippen LogP contribution is -2.58. The first kappa shape index (κ1) is 30.0. The summed E-state index contributed by atoms with van der Waals surface area (Å²) >= 11 is 0. The fraction of sp³-hybridized carbons (Fsp3) is 0.368. The predicted octanol–water partition coefficient (Wildman–Crippen LogP) is 6.48. The lowest BCUT2D eigenvalue weighted by atomic mass is 9.54. The molecule has 2 bridgehead atoms. The highest BCUT2D eigenvalue weighted by molar-refractivity contribution is 6.13. The van der Waals surface area contributed by atoms with Crippen molar-refractivity contribution in [2.75, 3.05) is 18.6 Å². The highest BCUT2D eigenvalue weighted by atomic mass is 16.6. The zero-order chi connectivity index (χ0) is 32.6. The van der Waals surface area contributed by atoms with Crippen molar-refractivity contribution in [1.29, 1.82) is 0 Å². The van der Waals surface area contributed by atoms with E-state index in [1.165, 1.54) is 12.1 Å². The van der Waals surface area contributed by atoms with E-state index in [-0.39, 0.29) is 34.9 Å². The van der Waals surface area contributed by atoms with E-state index in [1.807, 2.05) is 18.2 Å². The van der Waals surface area contributed by atoms with E-state index >= 15 is 4.79 Å². The normalized spacial score (nSPS) is 29.7. The maximum atomic E-state index is 15.2. The summed E-state index contributed by atoms with van der Waals surface area (Å²) in [7, 11) is 1.56. The van der Waals surface area contributed by atoms with Crippen molar-refractivity contribution in [3.05, 3.63) is 112 Å². The molecule has 4 aromatic carbocycles. The van der Waals surface area contributed by atoms with E-state index in [1.54, 1.807) is 48.4 Å². The first-order chi connectivity index (χ1) is 22.0. The average Bonchev–Trinajstić information content (AvgIpc) is 3.56. The number of carbonyl (C=O) groups is 2. The molecule has 0 radical (unpaired) electrons. The Bertz CT molecular complexity index is 1860. The summed E-state index contributed by atoms with van der Waals surface area (Å²) in [6.07, 6.45) is 1.71. The molecule has 1 unspecified atom stereocenters. The van der Waals surface area contributed by atoms with E-state index < -0.39 is 34.1 Å². The molecule has 2 saturated carbocycles. The summed E-state index contributed by atoms with van der Waals surface area (Å²) in [5, 5.41) is 27.8. The predicted molar refractivity (Wildman–Crippen MR) is 173 cm³/mol. The van der Waals surface area contributed by atoms with Gasteiger partial charge in [0.15, 0.2) is 0 Å². The number of carboxylic acids is 1. The molecule has 0 aromatic heterocycles. The summed E-state index contributed by atoms with van der Waals surface area (Å²) in [6, 6.07) is 27.4. The maximum Gasteiger partial charge on any atom is 0.269 e. The molecule has 0 spiro atoms. The van der Waals surface area contributed by atoms with Crippen LogP contribution in [-0.2, 0) is 9.59 Å². The SMILES string of the molecule is COc1ccc(N2C[C@H](c3ccc([N+](=O)[O-])cc3)[C@@](C(=O)[O-])([C@@H]3C(c4cccc5ccccc45)[C@@]4(C)CC[C@H]3C4(C)C)C2=O)cc1. The van der Waals surface area contributed by atoms with Crippen molar-refractivity contribution < 1.29 is 24.4 Å². The van der Waals surface area contributed by atoms with Crippen molar-refractivity contribution >= 4 is 34.0 Å². The monoisotopic (exact) mass is 617 g/mol. The summed E-state index contributed by atoms with van der Waals surface area (Å²) in [5.74, 6) is -3.01. The van der Waals surface area contributed by atoms with Crippen molar-refractivity contribution in [2.24, 2.45) is 28.1 Å². The van der Waals surface area contributed by atoms with Crippen molar-refractivity contribution in [1.82, 2.24) is 0 Å². The van der Waals surface area contributed by atoms with Gasteiger partial charge in [-0.15, -0.1) is 0 Å². The van der Waals surface area contributed by atoms with Crippen LogP contribution < -0.4 is 14.7 Å². The van der Waals surface area contributed by atoms with Gasteiger partial charge in [0.05, 0.1) is 18.0 Å². The van der Waals surface area contributed by atoms with Crippen LogP contribution in [0.2, 0.25) is 0 Å². The summed E-state index contributed by atoms with van der Waals surface area (Å²) in [5.41, 5.74) is -0.422. The number of nitro benzene ring substituents is 1. The van der Waals surface area contributed by atoms with Crippen LogP contribution in [0.1, 0.15) is 56.6 Å². The molecule has 8 heteroatoms. The molecule has 1 aliphatic heterocycles. The van der Waals surface area contributed by atoms with Gasteiger partial charge < -0.3 is 19.5 Å². The zero-order valence-electron chi connectivity index (χ0n) is 26.4. The first-order valence-electron chi connectivity index (χ1n) is 15.9. The Kier molecular flexibility index (Phi) is 6.78. The largest absolute Gasteiger partial charge is 0.549 e. The fourth-order valence-corrected chi connectivity index (χ4v) is 9.72. The first-order valence-corrected chi connectivity index (χ1v) is 15.9. The number of non-ortho nitro benzene ring substituents is 1. The minimum Gasteiger partial charge on any atom is -0.549 e. The average molecular weight is 618 g/mol. The highest BCUT2D eigenvalue weighted by Gasteiger charge is 2.75. The number of methoxy groups -OCH3 is 1. The molecule has 3 fully saturated rings. The van der Waals surface area contributed by atoms with Crippen molar-refractivity contribution in [2.45, 2.75) is 45.4 Å². The van der Waals surface area contributed by atoms with Crippen LogP contribution in [0, 0.1) is 38.2 Å².